The molecule has 162 valence electrons. The summed E-state index contributed by atoms with van der Waals surface area (Å²) in [6, 6.07) is 12.7. The van der Waals surface area contributed by atoms with Crippen molar-refractivity contribution in [2.24, 2.45) is 4.99 Å². The number of halogens is 1. The number of hydrogen-bond donors (Lipinski definition) is 1. The maximum absolute atomic E-state index is 12.6. The predicted molar refractivity (Wildman–Crippen MR) is 135 cm³/mol. The van der Waals surface area contributed by atoms with Crippen LogP contribution in [0.25, 0.3) is 0 Å². The van der Waals surface area contributed by atoms with E-state index in [9.17, 15) is 4.79 Å². The van der Waals surface area contributed by atoms with Crippen LogP contribution in [0, 0.1) is 0 Å². The van der Waals surface area contributed by atoms with E-state index in [1.807, 2.05) is 11.9 Å². The second-order valence-electron chi connectivity index (χ2n) is 7.47. The number of carbonyl (C=O) groups is 1. The molecular formula is C22H30IN5OS. The van der Waals surface area contributed by atoms with Crippen LogP contribution in [0.2, 0.25) is 0 Å². The molecule has 3 heterocycles. The summed E-state index contributed by atoms with van der Waals surface area (Å²) >= 11 is 1.80. The zero-order valence-corrected chi connectivity index (χ0v) is 20.6. The van der Waals surface area contributed by atoms with Crippen LogP contribution in [0.5, 0.6) is 0 Å². The Morgan fingerprint density at radius 1 is 1.07 bits per heavy atom. The van der Waals surface area contributed by atoms with E-state index in [4.69, 9.17) is 0 Å². The standard InChI is InChI=1S/C22H29N5OS.HI/c1-23-22(26-14-12-25(13-15-26)19-5-3-2-4-6-19)24-10-7-21(28)27-11-8-20-18(17-27)9-16-29-20;/h2-6,9,16H,7-8,10-15,17H2,1H3,(H,23,24);1H. The molecule has 0 atom stereocenters. The van der Waals surface area contributed by atoms with Crippen LogP contribution in [0.1, 0.15) is 16.9 Å². The van der Waals surface area contributed by atoms with Gasteiger partial charge in [0.25, 0.3) is 0 Å². The quantitative estimate of drug-likeness (QED) is 0.369. The molecule has 2 aliphatic heterocycles. The molecular weight excluding hydrogens is 509 g/mol. The first-order valence-electron chi connectivity index (χ1n) is 10.3. The summed E-state index contributed by atoms with van der Waals surface area (Å²) in [7, 11) is 1.82. The SMILES string of the molecule is CN=C(NCCC(=O)N1CCc2sccc2C1)N1CCN(c2ccccc2)CC1.I. The molecule has 1 N–H and O–H groups in total. The first kappa shape index (κ1) is 22.9. The fourth-order valence-corrected chi connectivity index (χ4v) is 4.94. The van der Waals surface area contributed by atoms with Crippen LogP contribution >= 0.6 is 35.3 Å². The number of aliphatic imine (C=N–C) groups is 1. The number of anilines is 1. The molecule has 2 aliphatic rings. The smallest absolute Gasteiger partial charge is 0.224 e. The molecule has 0 unspecified atom stereocenters. The highest BCUT2D eigenvalue weighted by atomic mass is 127. The number of piperazine rings is 1. The lowest BCUT2D eigenvalue weighted by molar-refractivity contribution is -0.131. The van der Waals surface area contributed by atoms with Crippen molar-refractivity contribution in [2.75, 3.05) is 51.2 Å². The topological polar surface area (TPSA) is 51.2 Å². The van der Waals surface area contributed by atoms with Crippen LogP contribution in [0.4, 0.5) is 5.69 Å². The number of guanidine groups is 1. The molecule has 0 spiro atoms. The minimum atomic E-state index is 0. The third-order valence-electron chi connectivity index (χ3n) is 5.69. The van der Waals surface area contributed by atoms with Crippen LogP contribution in [0.15, 0.2) is 46.8 Å². The van der Waals surface area contributed by atoms with Crippen molar-refractivity contribution < 1.29 is 4.79 Å². The van der Waals surface area contributed by atoms with Crippen molar-refractivity contribution in [1.82, 2.24) is 15.1 Å². The Bertz CT molecular complexity index is 848. The summed E-state index contributed by atoms with van der Waals surface area (Å²) in [6.45, 7) is 6.01. The monoisotopic (exact) mass is 539 g/mol. The fraction of sp³-hybridized carbons (Fsp3) is 0.455. The van der Waals surface area contributed by atoms with Gasteiger partial charge in [0, 0.05) is 69.8 Å². The number of carbonyl (C=O) groups excluding carboxylic acids is 1. The van der Waals surface area contributed by atoms with Crippen molar-refractivity contribution in [1.29, 1.82) is 0 Å². The Morgan fingerprint density at radius 2 is 1.83 bits per heavy atom. The number of rotatable bonds is 4. The Kier molecular flexibility index (Phi) is 8.38. The molecule has 0 radical (unpaired) electrons. The van der Waals surface area contributed by atoms with E-state index in [0.717, 1.165) is 51.6 Å². The predicted octanol–water partition coefficient (Wildman–Crippen LogP) is 3.04. The number of hydrogen-bond acceptors (Lipinski definition) is 4. The van der Waals surface area contributed by atoms with Gasteiger partial charge in [-0.15, -0.1) is 35.3 Å². The van der Waals surface area contributed by atoms with E-state index in [1.165, 1.54) is 16.1 Å². The van der Waals surface area contributed by atoms with Gasteiger partial charge in [-0.1, -0.05) is 18.2 Å². The van der Waals surface area contributed by atoms with E-state index in [1.54, 1.807) is 11.3 Å². The van der Waals surface area contributed by atoms with E-state index < -0.39 is 0 Å². The lowest BCUT2D eigenvalue weighted by atomic mass is 10.1. The summed E-state index contributed by atoms with van der Waals surface area (Å²) in [5.41, 5.74) is 2.59. The first-order valence-corrected chi connectivity index (χ1v) is 11.2. The number of fused-ring (bicyclic) bond motifs is 1. The minimum absolute atomic E-state index is 0. The molecule has 8 heteroatoms. The highest BCUT2D eigenvalue weighted by Crippen LogP contribution is 2.24. The van der Waals surface area contributed by atoms with Crippen molar-refractivity contribution >= 4 is 52.9 Å². The minimum Gasteiger partial charge on any atom is -0.368 e. The van der Waals surface area contributed by atoms with E-state index >= 15 is 0 Å². The van der Waals surface area contributed by atoms with Gasteiger partial charge in [0.15, 0.2) is 5.96 Å². The zero-order valence-electron chi connectivity index (χ0n) is 17.4. The Morgan fingerprint density at radius 3 is 2.57 bits per heavy atom. The average molecular weight is 539 g/mol. The first-order chi connectivity index (χ1) is 14.2. The molecule has 4 rings (SSSR count). The molecule has 0 saturated carbocycles. The summed E-state index contributed by atoms with van der Waals surface area (Å²) in [6.07, 6.45) is 1.49. The lowest BCUT2D eigenvalue weighted by Gasteiger charge is -2.37. The second kappa shape index (κ2) is 11.0. The Balaban J connectivity index is 0.00000256. The Labute approximate surface area is 200 Å². The fourth-order valence-electron chi connectivity index (χ4n) is 4.05. The van der Waals surface area contributed by atoms with Crippen molar-refractivity contribution in [3.63, 3.8) is 0 Å². The summed E-state index contributed by atoms with van der Waals surface area (Å²) in [4.78, 5) is 25.1. The highest BCUT2D eigenvalue weighted by Gasteiger charge is 2.22. The van der Waals surface area contributed by atoms with Gasteiger partial charge in [0.2, 0.25) is 5.91 Å². The van der Waals surface area contributed by atoms with Crippen molar-refractivity contribution in [2.45, 2.75) is 19.4 Å². The molecule has 1 aromatic carbocycles. The summed E-state index contributed by atoms with van der Waals surface area (Å²) in [5.74, 6) is 1.11. The van der Waals surface area contributed by atoms with E-state index in [0.29, 0.717) is 13.0 Å². The van der Waals surface area contributed by atoms with Gasteiger partial charge in [-0.2, -0.15) is 0 Å². The molecule has 1 aromatic heterocycles. The molecule has 30 heavy (non-hydrogen) atoms. The van der Waals surface area contributed by atoms with Crippen LogP contribution < -0.4 is 10.2 Å². The molecule has 1 amide bonds. The maximum atomic E-state index is 12.6. The number of thiophene rings is 1. The van der Waals surface area contributed by atoms with Crippen LogP contribution in [-0.2, 0) is 17.8 Å². The average Bonchev–Trinajstić information content (AvgIpc) is 3.25. The molecule has 1 fully saturated rings. The van der Waals surface area contributed by atoms with Gasteiger partial charge in [0.05, 0.1) is 0 Å². The van der Waals surface area contributed by atoms with Crippen molar-refractivity contribution in [3.05, 3.63) is 52.2 Å². The normalized spacial score (nSPS) is 16.7. The lowest BCUT2D eigenvalue weighted by Crippen LogP contribution is -2.53. The summed E-state index contributed by atoms with van der Waals surface area (Å²) < 4.78 is 0. The Hall–Kier alpha value is -1.81. The van der Waals surface area contributed by atoms with Gasteiger partial charge in [-0.3, -0.25) is 9.79 Å². The summed E-state index contributed by atoms with van der Waals surface area (Å²) in [5, 5.41) is 5.52. The number of nitrogens with zero attached hydrogens (tertiary/aromatic N) is 4. The number of amides is 1. The van der Waals surface area contributed by atoms with Gasteiger partial charge >= 0.3 is 0 Å². The van der Waals surface area contributed by atoms with Gasteiger partial charge < -0.3 is 20.0 Å². The molecule has 0 bridgehead atoms. The van der Waals surface area contributed by atoms with E-state index in [2.05, 4.69) is 61.9 Å². The van der Waals surface area contributed by atoms with Gasteiger partial charge in [-0.25, -0.2) is 0 Å². The maximum Gasteiger partial charge on any atom is 0.224 e. The molecule has 1 saturated heterocycles. The molecule has 6 nitrogen and oxygen atoms in total. The van der Waals surface area contributed by atoms with Crippen LogP contribution in [0.3, 0.4) is 0 Å². The second-order valence-corrected chi connectivity index (χ2v) is 8.47. The number of nitrogens with one attached hydrogen (secondary N) is 1. The largest absolute Gasteiger partial charge is 0.368 e. The highest BCUT2D eigenvalue weighted by molar-refractivity contribution is 14.0. The molecule has 0 aliphatic carbocycles. The van der Waals surface area contributed by atoms with Crippen LogP contribution in [-0.4, -0.2) is 68.0 Å². The third kappa shape index (κ3) is 5.46. The van der Waals surface area contributed by atoms with Gasteiger partial charge in [0.1, 0.15) is 0 Å². The zero-order chi connectivity index (χ0) is 20.1. The molecule has 2 aromatic rings. The van der Waals surface area contributed by atoms with Crippen molar-refractivity contribution in [3.8, 4) is 0 Å². The van der Waals surface area contributed by atoms with E-state index in [-0.39, 0.29) is 29.9 Å². The number of benzene rings is 1. The van der Waals surface area contributed by atoms with Gasteiger partial charge in [-0.05, 0) is 35.6 Å². The third-order valence-corrected chi connectivity index (χ3v) is 6.72. The number of para-hydroxylation sites is 1.